The van der Waals surface area contributed by atoms with Crippen LogP contribution in [0.1, 0.15) is 31.2 Å². The highest BCUT2D eigenvalue weighted by Crippen LogP contribution is 2.37. The third-order valence-electron chi connectivity index (χ3n) is 4.27. The van der Waals surface area contributed by atoms with Gasteiger partial charge in [0.05, 0.1) is 5.60 Å². The fourth-order valence-corrected chi connectivity index (χ4v) is 3.38. The van der Waals surface area contributed by atoms with Crippen molar-refractivity contribution >= 4 is 11.6 Å². The van der Waals surface area contributed by atoms with Crippen molar-refractivity contribution < 1.29 is 9.50 Å². The van der Waals surface area contributed by atoms with Gasteiger partial charge in [-0.1, -0.05) is 30.5 Å². The first-order valence-corrected chi connectivity index (χ1v) is 7.59. The maximum absolute atomic E-state index is 14.0. The van der Waals surface area contributed by atoms with Crippen LogP contribution < -0.4 is 0 Å². The molecule has 1 saturated carbocycles. The standard InChI is InChI=1S/C16H23ClFNO/c1-19(2)11-13-5-3-4-8-16(13,20)10-12-6-7-14(17)9-15(12)18/h6-7,9,13,20H,3-5,8,10-11H2,1-2H3/t13-,16-/m0/s1. The average molecular weight is 300 g/mol. The number of nitrogens with zero attached hydrogens (tertiary/aromatic N) is 1. The predicted molar refractivity (Wildman–Crippen MR) is 80.6 cm³/mol. The molecule has 0 amide bonds. The zero-order valence-electron chi connectivity index (χ0n) is 12.2. The Morgan fingerprint density at radius 1 is 1.40 bits per heavy atom. The molecule has 0 bridgehead atoms. The van der Waals surface area contributed by atoms with E-state index in [1.165, 1.54) is 6.07 Å². The van der Waals surface area contributed by atoms with Crippen molar-refractivity contribution in [3.8, 4) is 0 Å². The predicted octanol–water partition coefficient (Wildman–Crippen LogP) is 3.50. The van der Waals surface area contributed by atoms with Crippen LogP contribution in [0.4, 0.5) is 4.39 Å². The highest BCUT2D eigenvalue weighted by Gasteiger charge is 2.39. The molecule has 0 spiro atoms. The fourth-order valence-electron chi connectivity index (χ4n) is 3.22. The van der Waals surface area contributed by atoms with Gasteiger partial charge in [0.15, 0.2) is 0 Å². The minimum absolute atomic E-state index is 0.196. The Kier molecular flexibility index (Phi) is 5.05. The summed E-state index contributed by atoms with van der Waals surface area (Å²) < 4.78 is 14.0. The summed E-state index contributed by atoms with van der Waals surface area (Å²) in [4.78, 5) is 2.10. The van der Waals surface area contributed by atoms with Crippen LogP contribution in [0, 0.1) is 11.7 Å². The Morgan fingerprint density at radius 2 is 2.15 bits per heavy atom. The van der Waals surface area contributed by atoms with E-state index in [1.807, 2.05) is 14.1 Å². The molecule has 112 valence electrons. The summed E-state index contributed by atoms with van der Waals surface area (Å²) in [5.41, 5.74) is -0.250. The normalized spacial score (nSPS) is 27.0. The average Bonchev–Trinajstić information content (AvgIpc) is 2.35. The van der Waals surface area contributed by atoms with E-state index in [1.54, 1.807) is 12.1 Å². The number of rotatable bonds is 4. The highest BCUT2D eigenvalue weighted by molar-refractivity contribution is 6.30. The van der Waals surface area contributed by atoms with E-state index in [0.29, 0.717) is 17.0 Å². The molecule has 0 aromatic heterocycles. The molecule has 0 heterocycles. The van der Waals surface area contributed by atoms with Gasteiger partial charge in [0.2, 0.25) is 0 Å². The minimum Gasteiger partial charge on any atom is -0.389 e. The van der Waals surface area contributed by atoms with E-state index in [0.717, 1.165) is 32.2 Å². The van der Waals surface area contributed by atoms with Crippen LogP contribution in [0.2, 0.25) is 5.02 Å². The summed E-state index contributed by atoms with van der Waals surface area (Å²) >= 11 is 5.78. The van der Waals surface area contributed by atoms with E-state index in [2.05, 4.69) is 4.90 Å². The summed E-state index contributed by atoms with van der Waals surface area (Å²) in [5, 5.41) is 11.4. The number of hydrogen-bond donors (Lipinski definition) is 1. The first-order chi connectivity index (χ1) is 9.40. The Balaban J connectivity index is 2.18. The summed E-state index contributed by atoms with van der Waals surface area (Å²) in [6.45, 7) is 0.839. The molecule has 4 heteroatoms. The van der Waals surface area contributed by atoms with E-state index in [4.69, 9.17) is 11.6 Å². The molecule has 20 heavy (non-hydrogen) atoms. The van der Waals surface area contributed by atoms with Gasteiger partial charge in [-0.25, -0.2) is 4.39 Å². The molecular weight excluding hydrogens is 277 g/mol. The van der Waals surface area contributed by atoms with Crippen LogP contribution in [0.3, 0.4) is 0 Å². The zero-order chi connectivity index (χ0) is 14.8. The molecule has 2 nitrogen and oxygen atoms in total. The van der Waals surface area contributed by atoms with E-state index in [9.17, 15) is 9.50 Å². The maximum atomic E-state index is 14.0. The molecule has 1 aromatic carbocycles. The number of hydrogen-bond acceptors (Lipinski definition) is 2. The molecule has 0 saturated heterocycles. The molecule has 1 aliphatic rings. The molecule has 2 rings (SSSR count). The van der Waals surface area contributed by atoms with Gasteiger partial charge in [-0.3, -0.25) is 0 Å². The molecule has 1 N–H and O–H groups in total. The van der Waals surface area contributed by atoms with Crippen LogP contribution in [-0.2, 0) is 6.42 Å². The SMILES string of the molecule is CN(C)C[C@@H]1CCCC[C@]1(O)Cc1ccc(Cl)cc1F. The van der Waals surface area contributed by atoms with Gasteiger partial charge in [0, 0.05) is 23.9 Å². The van der Waals surface area contributed by atoms with Crippen molar-refractivity contribution in [2.75, 3.05) is 20.6 Å². The van der Waals surface area contributed by atoms with Crippen LogP contribution >= 0.6 is 11.6 Å². The summed E-state index contributed by atoms with van der Waals surface area (Å²) in [5.74, 6) is -0.124. The smallest absolute Gasteiger partial charge is 0.127 e. The van der Waals surface area contributed by atoms with Gasteiger partial charge in [-0.05, 0) is 44.6 Å². The van der Waals surface area contributed by atoms with Gasteiger partial charge in [-0.2, -0.15) is 0 Å². The maximum Gasteiger partial charge on any atom is 0.127 e. The van der Waals surface area contributed by atoms with E-state index < -0.39 is 5.60 Å². The lowest BCUT2D eigenvalue weighted by molar-refractivity contribution is -0.0558. The van der Waals surface area contributed by atoms with Crippen LogP contribution in [0.5, 0.6) is 0 Å². The second-order valence-corrected chi connectivity index (χ2v) is 6.66. The van der Waals surface area contributed by atoms with Crippen molar-refractivity contribution in [1.82, 2.24) is 4.90 Å². The summed E-state index contributed by atoms with van der Waals surface area (Å²) in [6, 6.07) is 4.70. The van der Waals surface area contributed by atoms with Crippen molar-refractivity contribution in [3.63, 3.8) is 0 Å². The molecule has 1 aliphatic carbocycles. The van der Waals surface area contributed by atoms with Gasteiger partial charge in [0.1, 0.15) is 5.82 Å². The topological polar surface area (TPSA) is 23.5 Å². The van der Waals surface area contributed by atoms with Gasteiger partial charge < -0.3 is 10.0 Å². The second-order valence-electron chi connectivity index (χ2n) is 6.22. The molecular formula is C16H23ClFNO. The van der Waals surface area contributed by atoms with E-state index >= 15 is 0 Å². The molecule has 1 aromatic rings. The van der Waals surface area contributed by atoms with Crippen LogP contribution in [0.25, 0.3) is 0 Å². The number of aliphatic hydroxyl groups is 1. The quantitative estimate of drug-likeness (QED) is 0.920. The monoisotopic (exact) mass is 299 g/mol. The Hall–Kier alpha value is -0.640. The van der Waals surface area contributed by atoms with Crippen molar-refractivity contribution in [2.45, 2.75) is 37.7 Å². The fraction of sp³-hybridized carbons (Fsp3) is 0.625. The Labute approximate surface area is 125 Å². The third-order valence-corrected chi connectivity index (χ3v) is 4.50. The number of halogens is 2. The Morgan fingerprint density at radius 3 is 2.80 bits per heavy atom. The van der Waals surface area contributed by atoms with Gasteiger partial charge >= 0.3 is 0 Å². The number of benzene rings is 1. The molecule has 1 fully saturated rings. The first kappa shape index (κ1) is 15.7. The zero-order valence-corrected chi connectivity index (χ0v) is 13.0. The van der Waals surface area contributed by atoms with Crippen LogP contribution in [0.15, 0.2) is 18.2 Å². The molecule has 0 unspecified atom stereocenters. The molecule has 2 atom stereocenters. The lowest BCUT2D eigenvalue weighted by atomic mass is 9.72. The largest absolute Gasteiger partial charge is 0.389 e. The molecule has 0 aliphatic heterocycles. The molecule has 0 radical (unpaired) electrons. The first-order valence-electron chi connectivity index (χ1n) is 7.22. The summed E-state index contributed by atoms with van der Waals surface area (Å²) in [7, 11) is 4.02. The summed E-state index contributed by atoms with van der Waals surface area (Å²) in [6.07, 6.45) is 4.27. The van der Waals surface area contributed by atoms with Crippen LogP contribution in [-0.4, -0.2) is 36.2 Å². The lowest BCUT2D eigenvalue weighted by Crippen LogP contribution is -2.47. The lowest BCUT2D eigenvalue weighted by Gasteiger charge is -2.41. The second kappa shape index (κ2) is 6.42. The van der Waals surface area contributed by atoms with Crippen molar-refractivity contribution in [3.05, 3.63) is 34.6 Å². The Bertz CT molecular complexity index is 466. The van der Waals surface area contributed by atoms with Crippen molar-refractivity contribution in [1.29, 1.82) is 0 Å². The van der Waals surface area contributed by atoms with Gasteiger partial charge in [0.25, 0.3) is 0 Å². The third kappa shape index (κ3) is 3.72. The van der Waals surface area contributed by atoms with E-state index in [-0.39, 0.29) is 11.7 Å². The minimum atomic E-state index is -0.808. The van der Waals surface area contributed by atoms with Crippen molar-refractivity contribution in [2.24, 2.45) is 5.92 Å². The van der Waals surface area contributed by atoms with Gasteiger partial charge in [-0.15, -0.1) is 0 Å². The highest BCUT2D eigenvalue weighted by atomic mass is 35.5.